The minimum absolute atomic E-state index is 0.171. The third-order valence-corrected chi connectivity index (χ3v) is 3.09. The molecule has 0 spiro atoms. The molecule has 0 aliphatic rings. The Hall–Kier alpha value is -1.88. The van der Waals surface area contributed by atoms with Gasteiger partial charge < -0.3 is 15.4 Å². The van der Waals surface area contributed by atoms with E-state index in [2.05, 4.69) is 17.1 Å². The van der Waals surface area contributed by atoms with E-state index in [9.17, 15) is 5.11 Å². The van der Waals surface area contributed by atoms with Crippen molar-refractivity contribution in [3.05, 3.63) is 30.2 Å². The zero-order valence-corrected chi connectivity index (χ0v) is 10.5. The van der Waals surface area contributed by atoms with Crippen molar-refractivity contribution < 1.29 is 9.63 Å². The summed E-state index contributed by atoms with van der Waals surface area (Å²) >= 11 is 0. The lowest BCUT2D eigenvalue weighted by Crippen LogP contribution is -2.18. The predicted molar refractivity (Wildman–Crippen MR) is 67.8 cm³/mol. The molecule has 0 saturated heterocycles. The fourth-order valence-corrected chi connectivity index (χ4v) is 1.63. The highest BCUT2D eigenvalue weighted by atomic mass is 16.5. The first-order chi connectivity index (χ1) is 8.61. The molecule has 0 aliphatic heterocycles. The molecule has 0 saturated carbocycles. The maximum atomic E-state index is 9.41. The standard InChI is InChI=1S/C13H17N3O2/c1-3-8(2)11(14)13-15-12(16-18-13)9-5-4-6-10(17)7-9/h4-8,11,17H,3,14H2,1-2H3. The summed E-state index contributed by atoms with van der Waals surface area (Å²) in [5.41, 5.74) is 6.73. The maximum absolute atomic E-state index is 9.41. The van der Waals surface area contributed by atoms with Crippen molar-refractivity contribution >= 4 is 0 Å². The van der Waals surface area contributed by atoms with Gasteiger partial charge in [-0.3, -0.25) is 0 Å². The molecule has 0 bridgehead atoms. The Labute approximate surface area is 106 Å². The van der Waals surface area contributed by atoms with Crippen LogP contribution in [0.4, 0.5) is 0 Å². The SMILES string of the molecule is CCC(C)C(N)c1nc(-c2cccc(O)c2)no1. The second-order valence-electron chi connectivity index (χ2n) is 4.42. The molecule has 5 heteroatoms. The van der Waals surface area contributed by atoms with Crippen LogP contribution in [0, 0.1) is 5.92 Å². The van der Waals surface area contributed by atoms with Crippen LogP contribution >= 0.6 is 0 Å². The smallest absolute Gasteiger partial charge is 0.244 e. The van der Waals surface area contributed by atoms with E-state index in [4.69, 9.17) is 10.3 Å². The van der Waals surface area contributed by atoms with Crippen LogP contribution < -0.4 is 5.73 Å². The molecule has 96 valence electrons. The van der Waals surface area contributed by atoms with E-state index in [1.807, 2.05) is 13.0 Å². The summed E-state index contributed by atoms with van der Waals surface area (Å²) < 4.78 is 5.18. The second kappa shape index (κ2) is 5.18. The van der Waals surface area contributed by atoms with Gasteiger partial charge in [0.15, 0.2) is 0 Å². The third-order valence-electron chi connectivity index (χ3n) is 3.09. The van der Waals surface area contributed by atoms with Gasteiger partial charge in [0.2, 0.25) is 11.7 Å². The van der Waals surface area contributed by atoms with Crippen LogP contribution in [0.25, 0.3) is 11.4 Å². The van der Waals surface area contributed by atoms with Crippen molar-refractivity contribution in [3.8, 4) is 17.1 Å². The third kappa shape index (κ3) is 2.51. The zero-order valence-electron chi connectivity index (χ0n) is 10.5. The van der Waals surface area contributed by atoms with Crippen molar-refractivity contribution in [3.63, 3.8) is 0 Å². The Morgan fingerprint density at radius 2 is 2.22 bits per heavy atom. The number of hydrogen-bond donors (Lipinski definition) is 2. The molecule has 2 atom stereocenters. The summed E-state index contributed by atoms with van der Waals surface area (Å²) in [4.78, 5) is 4.28. The van der Waals surface area contributed by atoms with Gasteiger partial charge in [-0.15, -0.1) is 0 Å². The number of phenolic OH excluding ortho intramolecular Hbond substituents is 1. The number of nitrogens with two attached hydrogens (primary N) is 1. The van der Waals surface area contributed by atoms with Crippen molar-refractivity contribution in [1.29, 1.82) is 0 Å². The van der Waals surface area contributed by atoms with Crippen molar-refractivity contribution in [2.45, 2.75) is 26.3 Å². The molecule has 0 aliphatic carbocycles. The largest absolute Gasteiger partial charge is 0.508 e. The second-order valence-corrected chi connectivity index (χ2v) is 4.42. The van der Waals surface area contributed by atoms with Crippen LogP contribution in [0.2, 0.25) is 0 Å². The summed E-state index contributed by atoms with van der Waals surface area (Å²) in [6.07, 6.45) is 0.949. The predicted octanol–water partition coefficient (Wildman–Crippen LogP) is 2.49. The first-order valence-electron chi connectivity index (χ1n) is 6.00. The number of rotatable bonds is 4. The van der Waals surface area contributed by atoms with Crippen LogP contribution in [0.15, 0.2) is 28.8 Å². The monoisotopic (exact) mass is 247 g/mol. The van der Waals surface area contributed by atoms with Crippen LogP contribution in [-0.2, 0) is 0 Å². The molecule has 1 heterocycles. The Morgan fingerprint density at radius 3 is 2.89 bits per heavy atom. The lowest BCUT2D eigenvalue weighted by atomic mass is 10.0. The van der Waals surface area contributed by atoms with Gasteiger partial charge in [-0.05, 0) is 18.1 Å². The number of benzene rings is 1. The van der Waals surface area contributed by atoms with Crippen LogP contribution in [0.3, 0.4) is 0 Å². The van der Waals surface area contributed by atoms with Gasteiger partial charge in [0, 0.05) is 5.56 Å². The van der Waals surface area contributed by atoms with E-state index in [-0.39, 0.29) is 17.7 Å². The highest BCUT2D eigenvalue weighted by molar-refractivity contribution is 5.56. The number of aromatic hydroxyl groups is 1. The highest BCUT2D eigenvalue weighted by Gasteiger charge is 2.20. The van der Waals surface area contributed by atoms with E-state index < -0.39 is 0 Å². The molecular weight excluding hydrogens is 230 g/mol. The molecule has 2 unspecified atom stereocenters. The fourth-order valence-electron chi connectivity index (χ4n) is 1.63. The molecule has 1 aromatic heterocycles. The lowest BCUT2D eigenvalue weighted by molar-refractivity contribution is 0.312. The average Bonchev–Trinajstić information content (AvgIpc) is 2.86. The first-order valence-corrected chi connectivity index (χ1v) is 6.00. The van der Waals surface area contributed by atoms with Crippen LogP contribution in [-0.4, -0.2) is 15.2 Å². The summed E-state index contributed by atoms with van der Waals surface area (Å²) in [6.45, 7) is 4.11. The van der Waals surface area contributed by atoms with Gasteiger partial charge in [0.05, 0.1) is 6.04 Å². The van der Waals surface area contributed by atoms with Gasteiger partial charge in [0.1, 0.15) is 5.75 Å². The van der Waals surface area contributed by atoms with Crippen LogP contribution in [0.5, 0.6) is 5.75 Å². The summed E-state index contributed by atoms with van der Waals surface area (Å²) in [5.74, 6) is 1.33. The van der Waals surface area contributed by atoms with Gasteiger partial charge in [-0.25, -0.2) is 0 Å². The molecule has 2 rings (SSSR count). The first kappa shape index (κ1) is 12.6. The Bertz CT molecular complexity index is 524. The molecule has 0 amide bonds. The number of nitrogens with zero attached hydrogens (tertiary/aromatic N) is 2. The molecule has 0 fully saturated rings. The minimum Gasteiger partial charge on any atom is -0.508 e. The van der Waals surface area contributed by atoms with Gasteiger partial charge in [0.25, 0.3) is 0 Å². The van der Waals surface area contributed by atoms with Crippen molar-refractivity contribution in [2.24, 2.45) is 11.7 Å². The fraction of sp³-hybridized carbons (Fsp3) is 0.385. The molecule has 18 heavy (non-hydrogen) atoms. The number of phenols is 1. The normalized spacial score (nSPS) is 14.4. The zero-order chi connectivity index (χ0) is 13.1. The Balaban J connectivity index is 2.25. The molecule has 0 radical (unpaired) electrons. The number of hydrogen-bond acceptors (Lipinski definition) is 5. The summed E-state index contributed by atoms with van der Waals surface area (Å²) in [7, 11) is 0. The quantitative estimate of drug-likeness (QED) is 0.867. The lowest BCUT2D eigenvalue weighted by Gasteiger charge is -2.12. The van der Waals surface area contributed by atoms with Crippen molar-refractivity contribution in [2.75, 3.05) is 0 Å². The average molecular weight is 247 g/mol. The molecule has 1 aromatic carbocycles. The molecule has 2 aromatic rings. The maximum Gasteiger partial charge on any atom is 0.244 e. The van der Waals surface area contributed by atoms with Gasteiger partial charge in [-0.1, -0.05) is 37.6 Å². The minimum atomic E-state index is -0.256. The van der Waals surface area contributed by atoms with E-state index in [0.717, 1.165) is 6.42 Å². The van der Waals surface area contributed by atoms with E-state index >= 15 is 0 Å². The van der Waals surface area contributed by atoms with Crippen molar-refractivity contribution in [1.82, 2.24) is 10.1 Å². The Kier molecular flexibility index (Phi) is 3.62. The van der Waals surface area contributed by atoms with E-state index in [1.54, 1.807) is 18.2 Å². The Morgan fingerprint density at radius 1 is 1.44 bits per heavy atom. The van der Waals surface area contributed by atoms with Gasteiger partial charge >= 0.3 is 0 Å². The molecule has 5 nitrogen and oxygen atoms in total. The van der Waals surface area contributed by atoms with E-state index in [0.29, 0.717) is 17.3 Å². The topological polar surface area (TPSA) is 85.2 Å². The van der Waals surface area contributed by atoms with E-state index in [1.165, 1.54) is 0 Å². The summed E-state index contributed by atoms with van der Waals surface area (Å²) in [5, 5.41) is 13.3. The summed E-state index contributed by atoms with van der Waals surface area (Å²) in [6, 6.07) is 6.46. The molecule has 3 N–H and O–H groups in total. The van der Waals surface area contributed by atoms with Gasteiger partial charge in [-0.2, -0.15) is 4.98 Å². The highest BCUT2D eigenvalue weighted by Crippen LogP contribution is 2.24. The van der Waals surface area contributed by atoms with Crippen LogP contribution in [0.1, 0.15) is 32.2 Å². The number of aromatic nitrogens is 2. The molecular formula is C13H17N3O2.